The summed E-state index contributed by atoms with van der Waals surface area (Å²) in [7, 11) is 0. The monoisotopic (exact) mass is 347 g/mol. The molecule has 0 aliphatic carbocycles. The van der Waals surface area contributed by atoms with E-state index in [1.54, 1.807) is 0 Å². The van der Waals surface area contributed by atoms with Gasteiger partial charge in [-0.05, 0) is 43.0 Å². The number of hydrogen-bond acceptors (Lipinski definition) is 2. The van der Waals surface area contributed by atoms with Crippen molar-refractivity contribution in [2.75, 3.05) is 6.61 Å². The van der Waals surface area contributed by atoms with Crippen LogP contribution in [0.1, 0.15) is 18.1 Å². The van der Waals surface area contributed by atoms with E-state index < -0.39 is 0 Å². The maximum absolute atomic E-state index is 9.57. The van der Waals surface area contributed by atoms with E-state index in [2.05, 4.69) is 64.6 Å². The lowest BCUT2D eigenvalue weighted by molar-refractivity contribution is 0.232. The van der Waals surface area contributed by atoms with Crippen LogP contribution in [0.5, 0.6) is 0 Å². The largest absolute Gasteiger partial charge is 0.395 e. The maximum atomic E-state index is 9.57. The fourth-order valence-corrected chi connectivity index (χ4v) is 2.77. The van der Waals surface area contributed by atoms with Crippen LogP contribution < -0.4 is 5.32 Å². The van der Waals surface area contributed by atoms with Gasteiger partial charge >= 0.3 is 0 Å². The third kappa shape index (κ3) is 5.62. The average molecular weight is 348 g/mol. The Bertz CT molecular complexity index is 527. The topological polar surface area (TPSA) is 32.3 Å². The molecule has 21 heavy (non-hydrogen) atoms. The van der Waals surface area contributed by atoms with E-state index in [-0.39, 0.29) is 12.6 Å². The summed E-state index contributed by atoms with van der Waals surface area (Å²) in [4.78, 5) is 0. The minimum absolute atomic E-state index is 0.0952. The van der Waals surface area contributed by atoms with Crippen molar-refractivity contribution in [1.82, 2.24) is 5.32 Å². The first-order chi connectivity index (χ1) is 10.2. The molecule has 0 saturated heterocycles. The molecule has 0 heterocycles. The predicted octanol–water partition coefficient (Wildman–Crippen LogP) is 3.57. The van der Waals surface area contributed by atoms with Crippen molar-refractivity contribution in [2.45, 2.75) is 31.8 Å². The summed E-state index contributed by atoms with van der Waals surface area (Å²) in [6, 6.07) is 19.1. The van der Waals surface area contributed by atoms with Crippen LogP contribution in [0, 0.1) is 0 Å². The number of aliphatic hydroxyl groups is 1. The van der Waals surface area contributed by atoms with Gasteiger partial charge in [0.2, 0.25) is 0 Å². The molecule has 0 radical (unpaired) electrons. The number of rotatable bonds is 7. The van der Waals surface area contributed by atoms with Crippen LogP contribution in [-0.2, 0) is 12.8 Å². The molecule has 2 N–H and O–H groups in total. The van der Waals surface area contributed by atoms with E-state index in [0.29, 0.717) is 6.04 Å². The number of halogens is 1. The molecule has 2 aromatic rings. The molecule has 0 aliphatic heterocycles. The van der Waals surface area contributed by atoms with Crippen molar-refractivity contribution in [1.29, 1.82) is 0 Å². The highest BCUT2D eigenvalue weighted by Gasteiger charge is 2.12. The highest BCUT2D eigenvalue weighted by Crippen LogP contribution is 2.12. The van der Waals surface area contributed by atoms with E-state index in [4.69, 9.17) is 0 Å². The van der Waals surface area contributed by atoms with Gasteiger partial charge in [0.15, 0.2) is 0 Å². The van der Waals surface area contributed by atoms with Gasteiger partial charge in [0.1, 0.15) is 0 Å². The van der Waals surface area contributed by atoms with Crippen LogP contribution >= 0.6 is 15.9 Å². The summed E-state index contributed by atoms with van der Waals surface area (Å²) in [5, 5.41) is 13.1. The van der Waals surface area contributed by atoms with Gasteiger partial charge in [-0.1, -0.05) is 58.4 Å². The van der Waals surface area contributed by atoms with Gasteiger partial charge in [0, 0.05) is 16.6 Å². The van der Waals surface area contributed by atoms with Crippen molar-refractivity contribution in [3.8, 4) is 0 Å². The molecule has 0 saturated carbocycles. The number of nitrogens with one attached hydrogen (secondary N) is 1. The van der Waals surface area contributed by atoms with Gasteiger partial charge in [-0.2, -0.15) is 0 Å². The normalized spacial score (nSPS) is 13.9. The van der Waals surface area contributed by atoms with Crippen LogP contribution in [0.2, 0.25) is 0 Å². The minimum Gasteiger partial charge on any atom is -0.395 e. The van der Waals surface area contributed by atoms with Crippen molar-refractivity contribution in [3.63, 3.8) is 0 Å². The molecule has 0 bridgehead atoms. The molecule has 3 heteroatoms. The van der Waals surface area contributed by atoms with E-state index in [1.165, 1.54) is 11.1 Å². The minimum atomic E-state index is 0.0952. The Kier molecular flexibility index (Phi) is 6.43. The average Bonchev–Trinajstić information content (AvgIpc) is 2.50. The molecule has 0 amide bonds. The van der Waals surface area contributed by atoms with E-state index in [0.717, 1.165) is 17.3 Å². The van der Waals surface area contributed by atoms with Crippen LogP contribution in [-0.4, -0.2) is 23.8 Å². The van der Waals surface area contributed by atoms with Gasteiger partial charge in [-0.3, -0.25) is 0 Å². The fourth-order valence-electron chi connectivity index (χ4n) is 2.51. The number of aliphatic hydroxyl groups excluding tert-OH is 1. The highest BCUT2D eigenvalue weighted by molar-refractivity contribution is 9.10. The summed E-state index contributed by atoms with van der Waals surface area (Å²) in [6.07, 6.45) is 1.81. The zero-order chi connectivity index (χ0) is 15.1. The van der Waals surface area contributed by atoms with Crippen molar-refractivity contribution in [2.24, 2.45) is 0 Å². The Balaban J connectivity index is 1.87. The molecular weight excluding hydrogens is 326 g/mol. The first kappa shape index (κ1) is 16.2. The number of hydrogen-bond donors (Lipinski definition) is 2. The maximum Gasteiger partial charge on any atom is 0.0587 e. The summed E-state index contributed by atoms with van der Waals surface area (Å²) in [5.74, 6) is 0. The second-order valence-corrected chi connectivity index (χ2v) is 6.38. The lowest BCUT2D eigenvalue weighted by atomic mass is 10.0. The Morgan fingerprint density at radius 1 is 0.952 bits per heavy atom. The Labute approximate surface area is 135 Å². The summed E-state index contributed by atoms with van der Waals surface area (Å²) in [6.45, 7) is 2.31. The molecule has 2 nitrogen and oxygen atoms in total. The molecule has 112 valence electrons. The summed E-state index contributed by atoms with van der Waals surface area (Å²) < 4.78 is 1.10. The quantitative estimate of drug-likeness (QED) is 0.802. The molecule has 0 aliphatic rings. The Morgan fingerprint density at radius 2 is 1.57 bits per heavy atom. The molecule has 1 unspecified atom stereocenters. The Morgan fingerprint density at radius 3 is 2.19 bits per heavy atom. The third-order valence-electron chi connectivity index (χ3n) is 3.52. The second-order valence-electron chi connectivity index (χ2n) is 5.47. The second kappa shape index (κ2) is 8.32. The van der Waals surface area contributed by atoms with Crippen molar-refractivity contribution < 1.29 is 5.11 Å². The van der Waals surface area contributed by atoms with Crippen LogP contribution in [0.4, 0.5) is 0 Å². The summed E-state index contributed by atoms with van der Waals surface area (Å²) in [5.41, 5.74) is 2.55. The first-order valence-electron chi connectivity index (χ1n) is 7.32. The SMILES string of the molecule is CC(Cc1ccc(Br)cc1)N[C@H](CO)Cc1ccccc1. The van der Waals surface area contributed by atoms with Gasteiger partial charge < -0.3 is 10.4 Å². The molecular formula is C18H22BrNO. The smallest absolute Gasteiger partial charge is 0.0587 e. The predicted molar refractivity (Wildman–Crippen MR) is 91.5 cm³/mol. The highest BCUT2D eigenvalue weighted by atomic mass is 79.9. The Hall–Kier alpha value is -1.16. The molecule has 0 fully saturated rings. The van der Waals surface area contributed by atoms with Crippen LogP contribution in [0.25, 0.3) is 0 Å². The zero-order valence-electron chi connectivity index (χ0n) is 12.3. The first-order valence-corrected chi connectivity index (χ1v) is 8.12. The van der Waals surface area contributed by atoms with Crippen LogP contribution in [0.3, 0.4) is 0 Å². The van der Waals surface area contributed by atoms with E-state index >= 15 is 0 Å². The number of benzene rings is 2. The molecule has 2 atom stereocenters. The molecule has 2 rings (SSSR count). The molecule has 0 aromatic heterocycles. The van der Waals surface area contributed by atoms with Crippen molar-refractivity contribution in [3.05, 3.63) is 70.2 Å². The van der Waals surface area contributed by atoms with Gasteiger partial charge in [0.25, 0.3) is 0 Å². The summed E-state index contributed by atoms with van der Waals surface area (Å²) >= 11 is 3.45. The van der Waals surface area contributed by atoms with Crippen molar-refractivity contribution >= 4 is 15.9 Å². The van der Waals surface area contributed by atoms with E-state index in [9.17, 15) is 5.11 Å². The lowest BCUT2D eigenvalue weighted by Crippen LogP contribution is -2.41. The van der Waals surface area contributed by atoms with Crippen LogP contribution in [0.15, 0.2) is 59.1 Å². The standard InChI is InChI=1S/C18H22BrNO/c1-14(11-16-7-9-17(19)10-8-16)20-18(13-21)12-15-5-3-2-4-6-15/h2-10,14,18,20-21H,11-13H2,1H3/t14?,18-/m0/s1. The van der Waals surface area contributed by atoms with Gasteiger partial charge in [-0.25, -0.2) is 0 Å². The van der Waals surface area contributed by atoms with Gasteiger partial charge in [-0.15, -0.1) is 0 Å². The molecule has 2 aromatic carbocycles. The van der Waals surface area contributed by atoms with Gasteiger partial charge in [0.05, 0.1) is 6.61 Å². The zero-order valence-corrected chi connectivity index (χ0v) is 13.9. The molecule has 0 spiro atoms. The third-order valence-corrected chi connectivity index (χ3v) is 4.05. The lowest BCUT2D eigenvalue weighted by Gasteiger charge is -2.22. The van der Waals surface area contributed by atoms with E-state index in [1.807, 2.05) is 18.2 Å². The fraction of sp³-hybridized carbons (Fsp3) is 0.333.